The Morgan fingerprint density at radius 3 is 2.10 bits per heavy atom. The Balaban J connectivity index is 2.16. The van der Waals surface area contributed by atoms with Gasteiger partial charge in [0.1, 0.15) is 5.78 Å². The standard InChI is InChI=1S/C19H23NO/c1-13-8-14(2)19(15(3)9-13)11-18(21)10-16-6-4-5-7-17(16)12-20/h4-9H,10-12,20H2,1-3H3. The summed E-state index contributed by atoms with van der Waals surface area (Å²) in [5.41, 5.74) is 12.7. The summed E-state index contributed by atoms with van der Waals surface area (Å²) in [6.45, 7) is 6.72. The molecule has 0 saturated heterocycles. The Kier molecular flexibility index (Phi) is 4.92. The molecule has 2 N–H and O–H groups in total. The van der Waals surface area contributed by atoms with Crippen LogP contribution in [0.2, 0.25) is 0 Å². The van der Waals surface area contributed by atoms with E-state index in [1.807, 2.05) is 24.3 Å². The predicted octanol–water partition coefficient (Wildman–Crippen LogP) is 3.42. The maximum atomic E-state index is 12.4. The van der Waals surface area contributed by atoms with Crippen LogP contribution >= 0.6 is 0 Å². The van der Waals surface area contributed by atoms with Crippen LogP contribution in [-0.4, -0.2) is 5.78 Å². The Labute approximate surface area is 127 Å². The summed E-state index contributed by atoms with van der Waals surface area (Å²) >= 11 is 0. The molecule has 2 heteroatoms. The molecule has 0 aliphatic carbocycles. The van der Waals surface area contributed by atoms with Crippen molar-refractivity contribution in [1.82, 2.24) is 0 Å². The zero-order valence-electron chi connectivity index (χ0n) is 13.1. The number of carbonyl (C=O) groups excluding carboxylic acids is 1. The molecule has 0 aliphatic rings. The Hall–Kier alpha value is -1.93. The third-order valence-electron chi connectivity index (χ3n) is 3.94. The number of benzene rings is 2. The summed E-state index contributed by atoms with van der Waals surface area (Å²) in [7, 11) is 0. The fourth-order valence-corrected chi connectivity index (χ4v) is 2.89. The molecule has 0 radical (unpaired) electrons. The maximum absolute atomic E-state index is 12.4. The third kappa shape index (κ3) is 3.79. The van der Waals surface area contributed by atoms with Crippen molar-refractivity contribution in [3.63, 3.8) is 0 Å². The topological polar surface area (TPSA) is 43.1 Å². The zero-order valence-corrected chi connectivity index (χ0v) is 13.1. The van der Waals surface area contributed by atoms with Gasteiger partial charge in [0.25, 0.3) is 0 Å². The molecule has 2 aromatic carbocycles. The molecule has 0 amide bonds. The van der Waals surface area contributed by atoms with Crippen LogP contribution in [0, 0.1) is 20.8 Å². The van der Waals surface area contributed by atoms with Gasteiger partial charge in [-0.2, -0.15) is 0 Å². The first kappa shape index (κ1) is 15.5. The van der Waals surface area contributed by atoms with Gasteiger partial charge in [-0.3, -0.25) is 4.79 Å². The van der Waals surface area contributed by atoms with E-state index in [4.69, 9.17) is 5.73 Å². The molecule has 0 spiro atoms. The molecular formula is C19H23NO. The molecule has 0 aromatic heterocycles. The molecule has 21 heavy (non-hydrogen) atoms. The first-order valence-corrected chi connectivity index (χ1v) is 7.36. The Bertz CT molecular complexity index is 635. The van der Waals surface area contributed by atoms with Crippen molar-refractivity contribution in [2.45, 2.75) is 40.2 Å². The summed E-state index contributed by atoms with van der Waals surface area (Å²) in [6.07, 6.45) is 0.955. The lowest BCUT2D eigenvalue weighted by Crippen LogP contribution is -2.11. The quantitative estimate of drug-likeness (QED) is 0.912. The van der Waals surface area contributed by atoms with Crippen molar-refractivity contribution in [2.24, 2.45) is 5.73 Å². The number of carbonyl (C=O) groups is 1. The lowest BCUT2D eigenvalue weighted by atomic mass is 9.93. The molecule has 0 aliphatic heterocycles. The monoisotopic (exact) mass is 281 g/mol. The molecule has 0 fully saturated rings. The van der Waals surface area contributed by atoms with Gasteiger partial charge in [0.05, 0.1) is 0 Å². The number of nitrogens with two attached hydrogens (primary N) is 1. The van der Waals surface area contributed by atoms with E-state index in [0.29, 0.717) is 19.4 Å². The van der Waals surface area contributed by atoms with Gasteiger partial charge in [-0.05, 0) is 48.6 Å². The largest absolute Gasteiger partial charge is 0.326 e. The first-order chi connectivity index (χ1) is 10.0. The average Bonchev–Trinajstić information content (AvgIpc) is 2.43. The summed E-state index contributed by atoms with van der Waals surface area (Å²) < 4.78 is 0. The number of rotatable bonds is 5. The highest BCUT2D eigenvalue weighted by Crippen LogP contribution is 2.18. The van der Waals surface area contributed by atoms with Crippen molar-refractivity contribution >= 4 is 5.78 Å². The zero-order chi connectivity index (χ0) is 15.4. The van der Waals surface area contributed by atoms with E-state index >= 15 is 0 Å². The molecule has 2 rings (SSSR count). The first-order valence-electron chi connectivity index (χ1n) is 7.36. The van der Waals surface area contributed by atoms with Crippen LogP contribution in [0.1, 0.15) is 33.4 Å². The van der Waals surface area contributed by atoms with Gasteiger partial charge < -0.3 is 5.73 Å². The Morgan fingerprint density at radius 2 is 1.52 bits per heavy atom. The van der Waals surface area contributed by atoms with E-state index in [1.54, 1.807) is 0 Å². The minimum absolute atomic E-state index is 0.242. The van der Waals surface area contributed by atoms with Gasteiger partial charge in [0.15, 0.2) is 0 Å². The van der Waals surface area contributed by atoms with Crippen molar-refractivity contribution in [3.05, 3.63) is 69.8 Å². The van der Waals surface area contributed by atoms with E-state index in [1.165, 1.54) is 16.7 Å². The normalized spacial score (nSPS) is 10.7. The highest BCUT2D eigenvalue weighted by Gasteiger charge is 2.11. The second kappa shape index (κ2) is 6.68. The smallest absolute Gasteiger partial charge is 0.141 e. The third-order valence-corrected chi connectivity index (χ3v) is 3.94. The van der Waals surface area contributed by atoms with E-state index in [9.17, 15) is 4.79 Å². The molecule has 110 valence electrons. The van der Waals surface area contributed by atoms with Crippen LogP contribution in [-0.2, 0) is 24.2 Å². The van der Waals surface area contributed by atoms with Gasteiger partial charge in [0.2, 0.25) is 0 Å². The van der Waals surface area contributed by atoms with Crippen LogP contribution in [0.3, 0.4) is 0 Å². The minimum Gasteiger partial charge on any atom is -0.326 e. The fourth-order valence-electron chi connectivity index (χ4n) is 2.89. The summed E-state index contributed by atoms with van der Waals surface area (Å²) in [5.74, 6) is 0.242. The summed E-state index contributed by atoms with van der Waals surface area (Å²) in [4.78, 5) is 12.4. The highest BCUT2D eigenvalue weighted by atomic mass is 16.1. The number of hydrogen-bond donors (Lipinski definition) is 1. The van der Waals surface area contributed by atoms with E-state index in [0.717, 1.165) is 16.7 Å². The minimum atomic E-state index is 0.242. The second-order valence-corrected chi connectivity index (χ2v) is 5.74. The van der Waals surface area contributed by atoms with Crippen LogP contribution in [0.4, 0.5) is 0 Å². The van der Waals surface area contributed by atoms with Crippen molar-refractivity contribution in [3.8, 4) is 0 Å². The van der Waals surface area contributed by atoms with Crippen LogP contribution < -0.4 is 5.73 Å². The predicted molar refractivity (Wildman–Crippen MR) is 87.4 cm³/mol. The average molecular weight is 281 g/mol. The van der Waals surface area contributed by atoms with Crippen molar-refractivity contribution < 1.29 is 4.79 Å². The fraction of sp³-hybridized carbons (Fsp3) is 0.316. The number of ketones is 1. The highest BCUT2D eigenvalue weighted by molar-refractivity contribution is 5.84. The SMILES string of the molecule is Cc1cc(C)c(CC(=O)Cc2ccccc2CN)c(C)c1. The van der Waals surface area contributed by atoms with Gasteiger partial charge in [-0.25, -0.2) is 0 Å². The van der Waals surface area contributed by atoms with Crippen LogP contribution in [0.15, 0.2) is 36.4 Å². The lowest BCUT2D eigenvalue weighted by Gasteiger charge is -2.12. The number of Topliss-reactive ketones (excluding diaryl/α,β-unsaturated/α-hetero) is 1. The molecule has 0 atom stereocenters. The van der Waals surface area contributed by atoms with Crippen molar-refractivity contribution in [2.75, 3.05) is 0 Å². The van der Waals surface area contributed by atoms with Crippen molar-refractivity contribution in [1.29, 1.82) is 0 Å². The van der Waals surface area contributed by atoms with Gasteiger partial charge in [-0.1, -0.05) is 42.0 Å². The molecule has 0 saturated carbocycles. The van der Waals surface area contributed by atoms with Gasteiger partial charge in [0, 0.05) is 19.4 Å². The van der Waals surface area contributed by atoms with Crippen LogP contribution in [0.5, 0.6) is 0 Å². The van der Waals surface area contributed by atoms with E-state index in [2.05, 4.69) is 32.9 Å². The van der Waals surface area contributed by atoms with E-state index < -0.39 is 0 Å². The lowest BCUT2D eigenvalue weighted by molar-refractivity contribution is -0.117. The molecular weight excluding hydrogens is 258 g/mol. The van der Waals surface area contributed by atoms with Gasteiger partial charge >= 0.3 is 0 Å². The molecule has 2 nitrogen and oxygen atoms in total. The molecule has 0 unspecified atom stereocenters. The molecule has 0 bridgehead atoms. The molecule has 0 heterocycles. The number of aryl methyl sites for hydroxylation is 3. The molecule has 2 aromatic rings. The maximum Gasteiger partial charge on any atom is 0.141 e. The second-order valence-electron chi connectivity index (χ2n) is 5.74. The Morgan fingerprint density at radius 1 is 0.952 bits per heavy atom. The van der Waals surface area contributed by atoms with Crippen LogP contribution in [0.25, 0.3) is 0 Å². The van der Waals surface area contributed by atoms with Gasteiger partial charge in [-0.15, -0.1) is 0 Å². The number of hydrogen-bond acceptors (Lipinski definition) is 2. The summed E-state index contributed by atoms with van der Waals surface area (Å²) in [5, 5.41) is 0. The summed E-state index contributed by atoms with van der Waals surface area (Å²) in [6, 6.07) is 12.2. The van der Waals surface area contributed by atoms with E-state index in [-0.39, 0.29) is 5.78 Å².